The van der Waals surface area contributed by atoms with Crippen LogP contribution in [0.3, 0.4) is 0 Å². The minimum atomic E-state index is -0.342. The minimum Gasteiger partial charge on any atom is -0.339 e. The third kappa shape index (κ3) is 3.85. The van der Waals surface area contributed by atoms with E-state index in [4.69, 9.17) is 0 Å². The molecule has 1 fully saturated rings. The Balaban J connectivity index is 1.66. The maximum atomic E-state index is 13.0. The highest BCUT2D eigenvalue weighted by molar-refractivity contribution is 5.98. The molecule has 1 aliphatic rings. The van der Waals surface area contributed by atoms with Crippen molar-refractivity contribution in [3.8, 4) is 0 Å². The monoisotopic (exact) mass is 353 g/mol. The van der Waals surface area contributed by atoms with Crippen molar-refractivity contribution in [3.05, 3.63) is 71.0 Å². The lowest BCUT2D eigenvalue weighted by molar-refractivity contribution is 0.0649. The molecule has 3 nitrogen and oxygen atoms in total. The standard InChI is InChI=1S/C22H24FNO2/c1-15(2)19-5-3-4-6-20(19)22(26)24-13-11-17(12-14-24)21(25)16-7-9-18(23)10-8-16/h3-10,15,17H,11-14H2,1-2H3. The molecule has 1 heterocycles. The summed E-state index contributed by atoms with van der Waals surface area (Å²) >= 11 is 0. The Kier molecular flexibility index (Phi) is 5.50. The fourth-order valence-corrected chi connectivity index (χ4v) is 3.56. The summed E-state index contributed by atoms with van der Waals surface area (Å²) < 4.78 is 13.0. The number of hydrogen-bond acceptors (Lipinski definition) is 2. The number of halogens is 1. The zero-order chi connectivity index (χ0) is 18.7. The zero-order valence-corrected chi connectivity index (χ0v) is 15.2. The molecule has 0 bridgehead atoms. The van der Waals surface area contributed by atoms with Crippen LogP contribution in [0.4, 0.5) is 4.39 Å². The van der Waals surface area contributed by atoms with Gasteiger partial charge in [-0.05, 0) is 54.7 Å². The largest absolute Gasteiger partial charge is 0.339 e. The first-order valence-electron chi connectivity index (χ1n) is 9.15. The van der Waals surface area contributed by atoms with Crippen LogP contribution >= 0.6 is 0 Å². The summed E-state index contributed by atoms with van der Waals surface area (Å²) in [5.74, 6) is -0.0787. The number of rotatable bonds is 4. The van der Waals surface area contributed by atoms with Gasteiger partial charge in [0, 0.05) is 30.1 Å². The van der Waals surface area contributed by atoms with Gasteiger partial charge in [-0.25, -0.2) is 4.39 Å². The number of amides is 1. The summed E-state index contributed by atoms with van der Waals surface area (Å²) in [6.07, 6.45) is 1.29. The molecule has 1 amide bonds. The highest BCUT2D eigenvalue weighted by Gasteiger charge is 2.29. The number of benzene rings is 2. The predicted octanol–water partition coefficient (Wildman–Crippen LogP) is 4.68. The Hall–Kier alpha value is -2.49. The smallest absolute Gasteiger partial charge is 0.254 e. The molecule has 0 spiro atoms. The first-order valence-corrected chi connectivity index (χ1v) is 9.15. The SMILES string of the molecule is CC(C)c1ccccc1C(=O)N1CCC(C(=O)c2ccc(F)cc2)CC1. The first kappa shape index (κ1) is 18.3. The molecule has 4 heteroatoms. The lowest BCUT2D eigenvalue weighted by atomic mass is 9.88. The Morgan fingerprint density at radius 3 is 2.23 bits per heavy atom. The molecule has 136 valence electrons. The van der Waals surface area contributed by atoms with Crippen LogP contribution in [0.1, 0.15) is 58.9 Å². The summed E-state index contributed by atoms with van der Waals surface area (Å²) in [4.78, 5) is 27.3. The Morgan fingerprint density at radius 2 is 1.62 bits per heavy atom. The van der Waals surface area contributed by atoms with Gasteiger partial charge in [-0.1, -0.05) is 32.0 Å². The molecular formula is C22H24FNO2. The summed E-state index contributed by atoms with van der Waals surface area (Å²) in [5, 5.41) is 0. The molecular weight excluding hydrogens is 329 g/mol. The van der Waals surface area contributed by atoms with Gasteiger partial charge >= 0.3 is 0 Å². The molecule has 26 heavy (non-hydrogen) atoms. The Bertz CT molecular complexity index is 790. The van der Waals surface area contributed by atoms with Crippen molar-refractivity contribution in [3.63, 3.8) is 0 Å². The summed E-state index contributed by atoms with van der Waals surface area (Å²) in [6, 6.07) is 13.4. The van der Waals surface area contributed by atoms with Gasteiger partial charge < -0.3 is 4.90 Å². The van der Waals surface area contributed by atoms with E-state index in [2.05, 4.69) is 13.8 Å². The molecule has 0 unspecified atom stereocenters. The second kappa shape index (κ2) is 7.81. The highest BCUT2D eigenvalue weighted by atomic mass is 19.1. The Morgan fingerprint density at radius 1 is 1.00 bits per heavy atom. The highest BCUT2D eigenvalue weighted by Crippen LogP contribution is 2.25. The summed E-state index contributed by atoms with van der Waals surface area (Å²) in [5.41, 5.74) is 2.36. The number of carbonyl (C=O) groups excluding carboxylic acids is 2. The van der Waals surface area contributed by atoms with Crippen LogP contribution in [0, 0.1) is 11.7 Å². The van der Waals surface area contributed by atoms with Gasteiger partial charge in [-0.3, -0.25) is 9.59 Å². The number of piperidine rings is 1. The van der Waals surface area contributed by atoms with Gasteiger partial charge in [0.15, 0.2) is 5.78 Å². The number of ketones is 1. The normalized spacial score (nSPS) is 15.3. The predicted molar refractivity (Wildman–Crippen MR) is 99.9 cm³/mol. The van der Waals surface area contributed by atoms with E-state index in [1.54, 1.807) is 0 Å². The van der Waals surface area contributed by atoms with Gasteiger partial charge in [-0.15, -0.1) is 0 Å². The molecule has 0 radical (unpaired) electrons. The van der Waals surface area contributed by atoms with Crippen molar-refractivity contribution in [2.75, 3.05) is 13.1 Å². The average Bonchev–Trinajstić information content (AvgIpc) is 2.67. The quantitative estimate of drug-likeness (QED) is 0.748. The van der Waals surface area contributed by atoms with Gasteiger partial charge in [0.25, 0.3) is 5.91 Å². The molecule has 2 aromatic rings. The number of Topliss-reactive ketones (excluding diaryl/α,β-unsaturated/α-hetero) is 1. The van der Waals surface area contributed by atoms with Gasteiger partial charge in [-0.2, -0.15) is 0 Å². The van der Waals surface area contributed by atoms with E-state index in [9.17, 15) is 14.0 Å². The topological polar surface area (TPSA) is 37.4 Å². The minimum absolute atomic E-state index is 0.0414. The fraction of sp³-hybridized carbons (Fsp3) is 0.364. The second-order valence-electron chi connectivity index (χ2n) is 7.18. The van der Waals surface area contributed by atoms with Crippen molar-refractivity contribution in [1.29, 1.82) is 0 Å². The Labute approximate surface area is 153 Å². The maximum absolute atomic E-state index is 13.0. The molecule has 0 aliphatic carbocycles. The van der Waals surface area contributed by atoms with Crippen LogP contribution < -0.4 is 0 Å². The zero-order valence-electron chi connectivity index (χ0n) is 15.2. The average molecular weight is 353 g/mol. The van der Waals surface area contributed by atoms with Crippen molar-refractivity contribution in [2.24, 2.45) is 5.92 Å². The van der Waals surface area contributed by atoms with E-state index < -0.39 is 0 Å². The number of hydrogen-bond donors (Lipinski definition) is 0. The van der Waals surface area contributed by atoms with Crippen LogP contribution in [0.2, 0.25) is 0 Å². The number of carbonyl (C=O) groups is 2. The van der Waals surface area contributed by atoms with E-state index >= 15 is 0 Å². The van der Waals surface area contributed by atoms with Crippen molar-refractivity contribution >= 4 is 11.7 Å². The van der Waals surface area contributed by atoms with Crippen LogP contribution in [0.5, 0.6) is 0 Å². The molecule has 0 atom stereocenters. The van der Waals surface area contributed by atoms with Crippen LogP contribution in [0.25, 0.3) is 0 Å². The molecule has 0 aromatic heterocycles. The van der Waals surface area contributed by atoms with E-state index in [0.29, 0.717) is 31.5 Å². The second-order valence-corrected chi connectivity index (χ2v) is 7.18. The van der Waals surface area contributed by atoms with Gasteiger partial charge in [0.05, 0.1) is 0 Å². The van der Waals surface area contributed by atoms with Gasteiger partial charge in [0.1, 0.15) is 5.82 Å². The van der Waals surface area contributed by atoms with Crippen molar-refractivity contribution in [2.45, 2.75) is 32.6 Å². The summed E-state index contributed by atoms with van der Waals surface area (Å²) in [6.45, 7) is 5.31. The fourth-order valence-electron chi connectivity index (χ4n) is 3.56. The van der Waals surface area contributed by atoms with Crippen molar-refractivity contribution < 1.29 is 14.0 Å². The van der Waals surface area contributed by atoms with E-state index in [0.717, 1.165) is 11.1 Å². The third-order valence-corrected chi connectivity index (χ3v) is 5.09. The molecule has 1 saturated heterocycles. The summed E-state index contributed by atoms with van der Waals surface area (Å²) in [7, 11) is 0. The van der Waals surface area contributed by atoms with Crippen LogP contribution in [-0.2, 0) is 0 Å². The lowest BCUT2D eigenvalue weighted by Crippen LogP contribution is -2.40. The molecule has 2 aromatic carbocycles. The van der Waals surface area contributed by atoms with Crippen molar-refractivity contribution in [1.82, 2.24) is 4.90 Å². The van der Waals surface area contributed by atoms with E-state index in [1.807, 2.05) is 29.2 Å². The first-order chi connectivity index (χ1) is 12.5. The lowest BCUT2D eigenvalue weighted by Gasteiger charge is -2.32. The number of likely N-dealkylation sites (tertiary alicyclic amines) is 1. The maximum Gasteiger partial charge on any atom is 0.254 e. The van der Waals surface area contributed by atoms with E-state index in [-0.39, 0.29) is 29.3 Å². The van der Waals surface area contributed by atoms with Gasteiger partial charge in [0.2, 0.25) is 0 Å². The van der Waals surface area contributed by atoms with Crippen LogP contribution in [0.15, 0.2) is 48.5 Å². The molecule has 0 saturated carbocycles. The van der Waals surface area contributed by atoms with E-state index in [1.165, 1.54) is 24.3 Å². The molecule has 0 N–H and O–H groups in total. The van der Waals surface area contributed by atoms with Crippen LogP contribution in [-0.4, -0.2) is 29.7 Å². The molecule has 1 aliphatic heterocycles. The third-order valence-electron chi connectivity index (χ3n) is 5.09. The molecule has 3 rings (SSSR count). The number of nitrogens with zero attached hydrogens (tertiary/aromatic N) is 1.